The van der Waals surface area contributed by atoms with E-state index in [1.54, 1.807) is 0 Å². The number of halogens is 3. The van der Waals surface area contributed by atoms with Crippen molar-refractivity contribution in [2.45, 2.75) is 46.5 Å². The fraction of sp³-hybridized carbons (Fsp3) is 0.412. The monoisotopic (exact) mass is 298 g/mol. The fourth-order valence-electron chi connectivity index (χ4n) is 2.34. The Kier molecular flexibility index (Phi) is 5.26. The number of phenols is 1. The van der Waals surface area contributed by atoms with Gasteiger partial charge in [0.05, 0.1) is 5.56 Å². The van der Waals surface area contributed by atoms with E-state index in [9.17, 15) is 18.3 Å². The van der Waals surface area contributed by atoms with Crippen molar-refractivity contribution in [3.05, 3.63) is 41.2 Å². The second-order valence-corrected chi connectivity index (χ2v) is 5.10. The summed E-state index contributed by atoms with van der Waals surface area (Å²) in [5, 5.41) is 10.3. The van der Waals surface area contributed by atoms with Crippen LogP contribution in [-0.4, -0.2) is 5.11 Å². The fourth-order valence-corrected chi connectivity index (χ4v) is 2.34. The predicted octanol–water partition coefficient (Wildman–Crippen LogP) is 5.95. The van der Waals surface area contributed by atoms with Crippen LogP contribution in [0.25, 0.3) is 10.8 Å². The van der Waals surface area contributed by atoms with E-state index in [-0.39, 0.29) is 17.1 Å². The van der Waals surface area contributed by atoms with Crippen molar-refractivity contribution in [3.8, 4) is 5.75 Å². The van der Waals surface area contributed by atoms with Crippen molar-refractivity contribution in [2.24, 2.45) is 0 Å². The molecule has 1 nitrogen and oxygen atoms in total. The van der Waals surface area contributed by atoms with Gasteiger partial charge in [-0.15, -0.1) is 0 Å². The molecule has 21 heavy (non-hydrogen) atoms. The van der Waals surface area contributed by atoms with E-state index < -0.39 is 17.3 Å². The van der Waals surface area contributed by atoms with Gasteiger partial charge in [-0.05, 0) is 40.5 Å². The average molecular weight is 298 g/mol. The number of alkyl halides is 2. The molecule has 0 atom stereocenters. The van der Waals surface area contributed by atoms with E-state index in [0.29, 0.717) is 17.9 Å². The van der Waals surface area contributed by atoms with Gasteiger partial charge >= 0.3 is 0 Å². The minimum Gasteiger partial charge on any atom is -0.508 e. The van der Waals surface area contributed by atoms with Crippen molar-refractivity contribution >= 4 is 10.8 Å². The van der Waals surface area contributed by atoms with Crippen molar-refractivity contribution in [3.63, 3.8) is 0 Å². The highest BCUT2D eigenvalue weighted by Gasteiger charge is 2.32. The molecule has 0 aromatic heterocycles. The molecular formula is C17H21F3O. The lowest BCUT2D eigenvalue weighted by Gasteiger charge is -2.19. The van der Waals surface area contributed by atoms with E-state index in [1.165, 1.54) is 18.2 Å². The van der Waals surface area contributed by atoms with Crippen LogP contribution >= 0.6 is 0 Å². The Morgan fingerprint density at radius 2 is 1.67 bits per heavy atom. The maximum Gasteiger partial charge on any atom is 0.273 e. The Morgan fingerprint density at radius 3 is 2.14 bits per heavy atom. The molecule has 0 aliphatic carbocycles. The molecule has 0 saturated heterocycles. The molecule has 4 heteroatoms. The van der Waals surface area contributed by atoms with Gasteiger partial charge in [-0.25, -0.2) is 13.2 Å². The maximum atomic E-state index is 13.8. The van der Waals surface area contributed by atoms with Gasteiger partial charge in [0.1, 0.15) is 11.6 Å². The summed E-state index contributed by atoms with van der Waals surface area (Å²) in [4.78, 5) is 0. The topological polar surface area (TPSA) is 20.2 Å². The summed E-state index contributed by atoms with van der Waals surface area (Å²) in [6.45, 7) is 8.31. The standard InChI is InChI=1S/C15H15F3O.C2H6/c1-8(2)11-7-10(19)6-9-4-5-12(16)14(13(9)11)15(3,17)18;1-2/h4-8,19H,1-3H3;1-2H3. The molecule has 0 amide bonds. The highest BCUT2D eigenvalue weighted by Crippen LogP contribution is 2.40. The zero-order chi connectivity index (χ0) is 16.4. The van der Waals surface area contributed by atoms with Crippen LogP contribution in [0.1, 0.15) is 51.7 Å². The molecule has 1 N–H and O–H groups in total. The normalized spacial score (nSPS) is 11.5. The number of benzene rings is 2. The summed E-state index contributed by atoms with van der Waals surface area (Å²) in [5.41, 5.74) is -0.0836. The number of hydrogen-bond acceptors (Lipinski definition) is 1. The van der Waals surface area contributed by atoms with Gasteiger partial charge in [-0.3, -0.25) is 0 Å². The lowest BCUT2D eigenvalue weighted by atomic mass is 9.90. The first-order valence-electron chi connectivity index (χ1n) is 7.05. The van der Waals surface area contributed by atoms with Crippen LogP contribution in [0.3, 0.4) is 0 Å². The minimum atomic E-state index is -3.27. The zero-order valence-electron chi connectivity index (χ0n) is 13.0. The summed E-state index contributed by atoms with van der Waals surface area (Å²) >= 11 is 0. The van der Waals surface area contributed by atoms with E-state index >= 15 is 0 Å². The zero-order valence-corrected chi connectivity index (χ0v) is 13.0. The molecule has 0 radical (unpaired) electrons. The number of rotatable bonds is 2. The van der Waals surface area contributed by atoms with Crippen LogP contribution in [0.5, 0.6) is 5.75 Å². The Balaban J connectivity index is 0.00000106. The second kappa shape index (κ2) is 6.37. The molecule has 0 heterocycles. The summed E-state index contributed by atoms with van der Waals surface area (Å²) in [6, 6.07) is 5.21. The van der Waals surface area contributed by atoms with Gasteiger partial charge in [0, 0.05) is 6.92 Å². The quantitative estimate of drug-likeness (QED) is 0.726. The number of aromatic hydroxyl groups is 1. The van der Waals surface area contributed by atoms with Gasteiger partial charge in [-0.1, -0.05) is 33.8 Å². The van der Waals surface area contributed by atoms with Gasteiger partial charge in [0.25, 0.3) is 5.92 Å². The van der Waals surface area contributed by atoms with Crippen molar-refractivity contribution < 1.29 is 18.3 Å². The molecule has 0 saturated carbocycles. The first-order chi connectivity index (χ1) is 9.71. The third-order valence-electron chi connectivity index (χ3n) is 3.14. The number of hydrogen-bond donors (Lipinski definition) is 1. The van der Waals surface area contributed by atoms with E-state index in [2.05, 4.69) is 0 Å². The summed E-state index contributed by atoms with van der Waals surface area (Å²) in [5.74, 6) is -4.30. The first-order valence-corrected chi connectivity index (χ1v) is 7.05. The second-order valence-electron chi connectivity index (χ2n) is 5.10. The van der Waals surface area contributed by atoms with E-state index in [0.717, 1.165) is 6.07 Å². The van der Waals surface area contributed by atoms with E-state index in [1.807, 2.05) is 27.7 Å². The minimum absolute atomic E-state index is 0.00632. The lowest BCUT2D eigenvalue weighted by molar-refractivity contribution is 0.0154. The Hall–Kier alpha value is -1.71. The Labute approximate surface area is 123 Å². The van der Waals surface area contributed by atoms with Gasteiger partial charge < -0.3 is 5.11 Å². The summed E-state index contributed by atoms with van der Waals surface area (Å²) in [7, 11) is 0. The molecule has 0 aliphatic rings. The Bertz CT molecular complexity index is 628. The van der Waals surface area contributed by atoms with Gasteiger partial charge in [-0.2, -0.15) is 0 Å². The third-order valence-corrected chi connectivity index (χ3v) is 3.14. The van der Waals surface area contributed by atoms with E-state index in [4.69, 9.17) is 0 Å². The molecule has 116 valence electrons. The van der Waals surface area contributed by atoms with Crippen molar-refractivity contribution in [1.82, 2.24) is 0 Å². The highest BCUT2D eigenvalue weighted by molar-refractivity contribution is 5.91. The van der Waals surface area contributed by atoms with Crippen LogP contribution in [-0.2, 0) is 5.92 Å². The highest BCUT2D eigenvalue weighted by atomic mass is 19.3. The molecule has 2 rings (SSSR count). The van der Waals surface area contributed by atoms with Crippen molar-refractivity contribution in [2.75, 3.05) is 0 Å². The summed E-state index contributed by atoms with van der Waals surface area (Å²) < 4.78 is 41.2. The average Bonchev–Trinajstić information content (AvgIpc) is 2.38. The molecule has 0 fully saturated rings. The Morgan fingerprint density at radius 1 is 1.10 bits per heavy atom. The lowest BCUT2D eigenvalue weighted by Crippen LogP contribution is -2.12. The molecule has 2 aromatic rings. The molecular weight excluding hydrogens is 277 g/mol. The van der Waals surface area contributed by atoms with Crippen LogP contribution in [0, 0.1) is 5.82 Å². The first kappa shape index (κ1) is 17.3. The van der Waals surface area contributed by atoms with Gasteiger partial charge in [0.15, 0.2) is 0 Å². The SMILES string of the molecule is CC.CC(C)c1cc(O)cc2ccc(F)c(C(C)(F)F)c12. The van der Waals surface area contributed by atoms with Crippen LogP contribution in [0.15, 0.2) is 24.3 Å². The van der Waals surface area contributed by atoms with Crippen molar-refractivity contribution in [1.29, 1.82) is 0 Å². The maximum absolute atomic E-state index is 13.8. The molecule has 0 spiro atoms. The van der Waals surface area contributed by atoms with Crippen LogP contribution in [0.2, 0.25) is 0 Å². The largest absolute Gasteiger partial charge is 0.508 e. The van der Waals surface area contributed by atoms with Crippen LogP contribution < -0.4 is 0 Å². The summed E-state index contributed by atoms with van der Waals surface area (Å²) in [6.07, 6.45) is 0. The molecule has 0 bridgehead atoms. The molecule has 0 unspecified atom stereocenters. The third kappa shape index (κ3) is 3.49. The number of fused-ring (bicyclic) bond motifs is 1. The predicted molar refractivity (Wildman–Crippen MR) is 80.6 cm³/mol. The smallest absolute Gasteiger partial charge is 0.273 e. The van der Waals surface area contributed by atoms with Crippen LogP contribution in [0.4, 0.5) is 13.2 Å². The molecule has 0 aliphatic heterocycles. The van der Waals surface area contributed by atoms with Gasteiger partial charge in [0.2, 0.25) is 0 Å². The molecule has 2 aromatic carbocycles. The number of phenolic OH excluding ortho intramolecular Hbond substituents is 1.